The highest BCUT2D eigenvalue weighted by molar-refractivity contribution is 7.14. The lowest BCUT2D eigenvalue weighted by molar-refractivity contribution is 0.0957. The van der Waals surface area contributed by atoms with Crippen LogP contribution in [0.2, 0.25) is 0 Å². The lowest BCUT2D eigenvalue weighted by Gasteiger charge is -2.16. The normalized spacial score (nSPS) is 16.9. The van der Waals surface area contributed by atoms with E-state index in [2.05, 4.69) is 24.5 Å². The van der Waals surface area contributed by atoms with Gasteiger partial charge in [0.15, 0.2) is 0 Å². The molecule has 0 unspecified atom stereocenters. The van der Waals surface area contributed by atoms with Crippen molar-refractivity contribution in [2.45, 2.75) is 58.4 Å². The maximum atomic E-state index is 12.0. The molecule has 1 saturated carbocycles. The van der Waals surface area contributed by atoms with Crippen LogP contribution < -0.4 is 10.6 Å². The van der Waals surface area contributed by atoms with Gasteiger partial charge in [-0.05, 0) is 38.3 Å². The van der Waals surface area contributed by atoms with Crippen molar-refractivity contribution in [2.24, 2.45) is 0 Å². The monoisotopic (exact) mass is 294 g/mol. The molecule has 0 bridgehead atoms. The highest BCUT2D eigenvalue weighted by Crippen LogP contribution is 2.20. The largest absolute Gasteiger partial charge is 0.350 e. The fourth-order valence-electron chi connectivity index (χ4n) is 2.71. The van der Waals surface area contributed by atoms with E-state index in [-0.39, 0.29) is 5.91 Å². The lowest BCUT2D eigenvalue weighted by atomic mass is 10.1. The smallest absolute Gasteiger partial charge is 0.261 e. The van der Waals surface area contributed by atoms with Crippen molar-refractivity contribution in [3.8, 4) is 0 Å². The Kier molecular flexibility index (Phi) is 6.05. The molecule has 1 aromatic heterocycles. The van der Waals surface area contributed by atoms with Crippen molar-refractivity contribution >= 4 is 17.2 Å². The second-order valence-electron chi connectivity index (χ2n) is 5.75. The summed E-state index contributed by atoms with van der Waals surface area (Å²) in [6.07, 6.45) is 8.03. The highest BCUT2D eigenvalue weighted by Gasteiger charge is 2.12. The number of carbonyl (C=O) groups is 1. The van der Waals surface area contributed by atoms with Gasteiger partial charge in [0.1, 0.15) is 0 Å². The summed E-state index contributed by atoms with van der Waals surface area (Å²) < 4.78 is 0. The number of carbonyl (C=O) groups excluding carboxylic acids is 1. The zero-order chi connectivity index (χ0) is 14.4. The summed E-state index contributed by atoms with van der Waals surface area (Å²) in [6.45, 7) is 5.70. The van der Waals surface area contributed by atoms with E-state index in [9.17, 15) is 4.79 Å². The average molecular weight is 294 g/mol. The Morgan fingerprint density at radius 1 is 1.20 bits per heavy atom. The third-order valence-electron chi connectivity index (χ3n) is 4.09. The van der Waals surface area contributed by atoms with Gasteiger partial charge in [-0.1, -0.05) is 25.7 Å². The van der Waals surface area contributed by atoms with Crippen LogP contribution in [0.1, 0.15) is 58.6 Å². The molecule has 2 N–H and O–H groups in total. The number of aryl methyl sites for hydroxylation is 2. The van der Waals surface area contributed by atoms with Crippen molar-refractivity contribution in [1.82, 2.24) is 10.6 Å². The van der Waals surface area contributed by atoms with Crippen molar-refractivity contribution in [2.75, 3.05) is 13.1 Å². The van der Waals surface area contributed by atoms with Gasteiger partial charge in [-0.15, -0.1) is 11.3 Å². The topological polar surface area (TPSA) is 41.1 Å². The molecule has 0 atom stereocenters. The minimum Gasteiger partial charge on any atom is -0.350 e. The van der Waals surface area contributed by atoms with Gasteiger partial charge >= 0.3 is 0 Å². The van der Waals surface area contributed by atoms with Crippen LogP contribution in [0, 0.1) is 13.8 Å². The molecule has 1 fully saturated rings. The highest BCUT2D eigenvalue weighted by atomic mass is 32.1. The zero-order valence-electron chi connectivity index (χ0n) is 12.6. The standard InChI is InChI=1S/C16H26N2OS/c1-12-11-15(20-13(12)2)16(19)18-10-9-17-14-7-5-3-4-6-8-14/h11,14,17H,3-10H2,1-2H3,(H,18,19). The second-order valence-corrected chi connectivity index (χ2v) is 7.00. The molecule has 1 aliphatic carbocycles. The minimum atomic E-state index is 0.0638. The fourth-order valence-corrected chi connectivity index (χ4v) is 3.66. The van der Waals surface area contributed by atoms with E-state index in [1.807, 2.05) is 6.07 Å². The van der Waals surface area contributed by atoms with Gasteiger partial charge in [-0.3, -0.25) is 4.79 Å². The Hall–Kier alpha value is -0.870. The molecule has 0 saturated heterocycles. The Bertz CT molecular complexity index is 414. The molecule has 4 heteroatoms. The summed E-state index contributed by atoms with van der Waals surface area (Å²) in [5.74, 6) is 0.0638. The maximum absolute atomic E-state index is 12.0. The number of nitrogens with one attached hydrogen (secondary N) is 2. The number of hydrogen-bond acceptors (Lipinski definition) is 3. The van der Waals surface area contributed by atoms with E-state index in [4.69, 9.17) is 0 Å². The van der Waals surface area contributed by atoms with Crippen LogP contribution in [-0.2, 0) is 0 Å². The Labute approximate surface area is 126 Å². The van der Waals surface area contributed by atoms with Crippen molar-refractivity contribution < 1.29 is 4.79 Å². The summed E-state index contributed by atoms with van der Waals surface area (Å²) >= 11 is 1.58. The molecule has 112 valence electrons. The predicted molar refractivity (Wildman–Crippen MR) is 85.6 cm³/mol. The summed E-state index contributed by atoms with van der Waals surface area (Å²) in [5.41, 5.74) is 1.21. The molecule has 0 spiro atoms. The molecule has 20 heavy (non-hydrogen) atoms. The number of hydrogen-bond donors (Lipinski definition) is 2. The van der Waals surface area contributed by atoms with E-state index in [1.54, 1.807) is 11.3 Å². The van der Waals surface area contributed by atoms with Gasteiger partial charge in [-0.2, -0.15) is 0 Å². The van der Waals surface area contributed by atoms with Crippen molar-refractivity contribution in [3.63, 3.8) is 0 Å². The molecule has 3 nitrogen and oxygen atoms in total. The molecule has 0 radical (unpaired) electrons. The summed E-state index contributed by atoms with van der Waals surface area (Å²) in [5, 5.41) is 6.58. The van der Waals surface area contributed by atoms with E-state index >= 15 is 0 Å². The molecule has 1 aliphatic rings. The lowest BCUT2D eigenvalue weighted by Crippen LogP contribution is -2.36. The first-order valence-electron chi connectivity index (χ1n) is 7.75. The van der Waals surface area contributed by atoms with Gasteiger partial charge in [0.2, 0.25) is 0 Å². The molecule has 1 heterocycles. The van der Waals surface area contributed by atoms with Crippen LogP contribution in [0.3, 0.4) is 0 Å². The third kappa shape index (κ3) is 4.60. The van der Waals surface area contributed by atoms with E-state index in [1.165, 1.54) is 49.0 Å². The van der Waals surface area contributed by atoms with Gasteiger partial charge in [0.05, 0.1) is 4.88 Å². The maximum Gasteiger partial charge on any atom is 0.261 e. The first kappa shape index (κ1) is 15.5. The van der Waals surface area contributed by atoms with Gasteiger partial charge in [-0.25, -0.2) is 0 Å². The molecule has 1 amide bonds. The van der Waals surface area contributed by atoms with Crippen LogP contribution in [0.5, 0.6) is 0 Å². The molecule has 0 aromatic carbocycles. The minimum absolute atomic E-state index is 0.0638. The number of amides is 1. The summed E-state index contributed by atoms with van der Waals surface area (Å²) in [6, 6.07) is 2.63. The molecule has 0 aliphatic heterocycles. The van der Waals surface area contributed by atoms with Crippen molar-refractivity contribution in [3.05, 3.63) is 21.4 Å². The molecular weight excluding hydrogens is 268 g/mol. The van der Waals surface area contributed by atoms with E-state index in [0.717, 1.165) is 11.4 Å². The van der Waals surface area contributed by atoms with Crippen LogP contribution >= 0.6 is 11.3 Å². The van der Waals surface area contributed by atoms with Crippen LogP contribution in [0.4, 0.5) is 0 Å². The number of rotatable bonds is 5. The Morgan fingerprint density at radius 2 is 1.90 bits per heavy atom. The van der Waals surface area contributed by atoms with E-state index < -0.39 is 0 Å². The molecule has 1 aromatic rings. The fraction of sp³-hybridized carbons (Fsp3) is 0.688. The van der Waals surface area contributed by atoms with Gasteiger partial charge in [0.25, 0.3) is 5.91 Å². The predicted octanol–water partition coefficient (Wildman–Crippen LogP) is 3.41. The van der Waals surface area contributed by atoms with Gasteiger partial charge in [0, 0.05) is 24.0 Å². The second kappa shape index (κ2) is 7.79. The molecule has 2 rings (SSSR count). The van der Waals surface area contributed by atoms with Crippen LogP contribution in [-0.4, -0.2) is 25.0 Å². The molecular formula is C16H26N2OS. The number of thiophene rings is 1. The first-order valence-corrected chi connectivity index (χ1v) is 8.57. The Morgan fingerprint density at radius 3 is 2.50 bits per heavy atom. The summed E-state index contributed by atoms with van der Waals surface area (Å²) in [4.78, 5) is 14.0. The van der Waals surface area contributed by atoms with E-state index in [0.29, 0.717) is 12.6 Å². The zero-order valence-corrected chi connectivity index (χ0v) is 13.4. The van der Waals surface area contributed by atoms with Crippen LogP contribution in [0.15, 0.2) is 6.07 Å². The summed E-state index contributed by atoms with van der Waals surface area (Å²) in [7, 11) is 0. The SMILES string of the molecule is Cc1cc(C(=O)NCCNC2CCCCCC2)sc1C. The Balaban J connectivity index is 1.66. The van der Waals surface area contributed by atoms with Crippen molar-refractivity contribution in [1.29, 1.82) is 0 Å². The third-order valence-corrected chi connectivity index (χ3v) is 5.24. The van der Waals surface area contributed by atoms with Crippen LogP contribution in [0.25, 0.3) is 0 Å². The quantitative estimate of drug-likeness (QED) is 0.645. The van der Waals surface area contributed by atoms with Gasteiger partial charge < -0.3 is 10.6 Å². The average Bonchev–Trinajstić information content (AvgIpc) is 2.66. The first-order chi connectivity index (χ1) is 9.66.